The zero-order chi connectivity index (χ0) is 11.4. The second kappa shape index (κ2) is 5.69. The predicted octanol–water partition coefficient (Wildman–Crippen LogP) is 2.50. The maximum atomic E-state index is 5.87. The summed E-state index contributed by atoms with van der Waals surface area (Å²) in [5.41, 5.74) is 1.12. The average Bonchev–Trinajstić information content (AvgIpc) is 2.77. The summed E-state index contributed by atoms with van der Waals surface area (Å²) in [6, 6.07) is 0.580. The molecule has 1 fully saturated rings. The molecule has 0 spiro atoms. The van der Waals surface area contributed by atoms with Crippen LogP contribution < -0.4 is 0 Å². The highest BCUT2D eigenvalue weighted by Gasteiger charge is 2.17. The van der Waals surface area contributed by atoms with Gasteiger partial charge in [0.15, 0.2) is 0 Å². The second-order valence-electron chi connectivity index (χ2n) is 4.62. The quantitative estimate of drug-likeness (QED) is 0.756. The van der Waals surface area contributed by atoms with Crippen molar-refractivity contribution in [3.63, 3.8) is 0 Å². The van der Waals surface area contributed by atoms with Crippen LogP contribution in [0.15, 0.2) is 12.5 Å². The first-order chi connectivity index (χ1) is 7.81. The number of likely N-dealkylation sites (tertiary alicyclic amines) is 1. The smallest absolute Gasteiger partial charge is 0.0949 e. The molecule has 1 aliphatic rings. The fourth-order valence-corrected chi connectivity index (χ4v) is 2.61. The molecule has 0 radical (unpaired) electrons. The third-order valence-electron chi connectivity index (χ3n) is 3.41. The Labute approximate surface area is 102 Å². The molecule has 2 rings (SSSR count). The molecule has 16 heavy (non-hydrogen) atoms. The lowest BCUT2D eigenvalue weighted by atomic mass is 10.1. The molecule has 0 aromatic carbocycles. The Morgan fingerprint density at radius 1 is 1.38 bits per heavy atom. The summed E-state index contributed by atoms with van der Waals surface area (Å²) in [5.74, 6) is 0.548. The lowest BCUT2D eigenvalue weighted by Gasteiger charge is -2.32. The Kier molecular flexibility index (Phi) is 4.24. The lowest BCUT2D eigenvalue weighted by Crippen LogP contribution is -2.39. The van der Waals surface area contributed by atoms with Crippen LogP contribution in [0.4, 0.5) is 0 Å². The molecule has 4 heteroatoms. The first kappa shape index (κ1) is 11.9. The molecule has 3 nitrogen and oxygen atoms in total. The van der Waals surface area contributed by atoms with E-state index < -0.39 is 0 Å². The van der Waals surface area contributed by atoms with E-state index in [9.17, 15) is 0 Å². The molecule has 0 amide bonds. The van der Waals surface area contributed by atoms with Crippen molar-refractivity contribution in [1.82, 2.24) is 14.5 Å². The topological polar surface area (TPSA) is 21.1 Å². The zero-order valence-electron chi connectivity index (χ0n) is 9.90. The second-order valence-corrected chi connectivity index (χ2v) is 4.88. The monoisotopic (exact) mass is 241 g/mol. The highest BCUT2D eigenvalue weighted by molar-refractivity contribution is 6.16. The van der Waals surface area contributed by atoms with Crippen LogP contribution >= 0.6 is 11.6 Å². The third-order valence-corrected chi connectivity index (χ3v) is 3.68. The fourth-order valence-electron chi connectivity index (χ4n) is 2.38. The molecule has 0 saturated carbocycles. The fraction of sp³-hybridized carbons (Fsp3) is 0.750. The van der Waals surface area contributed by atoms with Gasteiger partial charge in [-0.3, -0.25) is 4.90 Å². The van der Waals surface area contributed by atoms with Gasteiger partial charge in [-0.05, 0) is 32.9 Å². The van der Waals surface area contributed by atoms with Gasteiger partial charge >= 0.3 is 0 Å². The SMILES string of the molecule is CC(Cn1cncc1CCl)N1CCCCC1. The van der Waals surface area contributed by atoms with Gasteiger partial charge in [-0.25, -0.2) is 4.98 Å². The van der Waals surface area contributed by atoms with Crippen LogP contribution in [0.1, 0.15) is 31.9 Å². The summed E-state index contributed by atoms with van der Waals surface area (Å²) in [4.78, 5) is 6.72. The number of piperidine rings is 1. The summed E-state index contributed by atoms with van der Waals surface area (Å²) in [5, 5.41) is 0. The van der Waals surface area contributed by atoms with Gasteiger partial charge in [-0.1, -0.05) is 6.42 Å². The minimum absolute atomic E-state index is 0.548. The predicted molar refractivity (Wildman–Crippen MR) is 66.7 cm³/mol. The molecule has 90 valence electrons. The molecule has 1 aliphatic heterocycles. The summed E-state index contributed by atoms with van der Waals surface area (Å²) in [6.07, 6.45) is 7.82. The summed E-state index contributed by atoms with van der Waals surface area (Å²) >= 11 is 5.87. The Morgan fingerprint density at radius 2 is 2.12 bits per heavy atom. The van der Waals surface area contributed by atoms with Crippen LogP contribution in [-0.4, -0.2) is 33.6 Å². The van der Waals surface area contributed by atoms with E-state index in [1.54, 1.807) is 0 Å². The summed E-state index contributed by atoms with van der Waals surface area (Å²) in [6.45, 7) is 5.78. The van der Waals surface area contributed by atoms with E-state index in [1.807, 2.05) is 12.5 Å². The zero-order valence-corrected chi connectivity index (χ0v) is 10.7. The Hall–Kier alpha value is -0.540. The number of imidazole rings is 1. The summed E-state index contributed by atoms with van der Waals surface area (Å²) in [7, 11) is 0. The molecular weight excluding hydrogens is 222 g/mol. The molecule has 1 aromatic heterocycles. The van der Waals surface area contributed by atoms with E-state index >= 15 is 0 Å². The van der Waals surface area contributed by atoms with Gasteiger partial charge in [0, 0.05) is 18.8 Å². The largest absolute Gasteiger partial charge is 0.332 e. The van der Waals surface area contributed by atoms with E-state index in [-0.39, 0.29) is 0 Å². The standard InChI is InChI=1S/C12H20ClN3/c1-11(15-5-3-2-4-6-15)9-16-10-14-8-12(16)7-13/h8,10-11H,2-7,9H2,1H3. The minimum Gasteiger partial charge on any atom is -0.332 e. The van der Waals surface area contributed by atoms with E-state index in [2.05, 4.69) is 21.4 Å². The van der Waals surface area contributed by atoms with Crippen LogP contribution in [0.2, 0.25) is 0 Å². The van der Waals surface area contributed by atoms with Crippen molar-refractivity contribution in [2.24, 2.45) is 0 Å². The Morgan fingerprint density at radius 3 is 2.81 bits per heavy atom. The number of alkyl halides is 1. The van der Waals surface area contributed by atoms with Gasteiger partial charge in [-0.15, -0.1) is 11.6 Å². The van der Waals surface area contributed by atoms with Crippen molar-refractivity contribution in [2.75, 3.05) is 13.1 Å². The van der Waals surface area contributed by atoms with Crippen molar-refractivity contribution in [3.8, 4) is 0 Å². The normalized spacial score (nSPS) is 19.9. The number of hydrogen-bond donors (Lipinski definition) is 0. The molecule has 1 saturated heterocycles. The van der Waals surface area contributed by atoms with Crippen molar-refractivity contribution in [1.29, 1.82) is 0 Å². The lowest BCUT2D eigenvalue weighted by molar-refractivity contribution is 0.159. The third kappa shape index (κ3) is 2.77. The number of hydrogen-bond acceptors (Lipinski definition) is 2. The van der Waals surface area contributed by atoms with Gasteiger partial charge in [0.05, 0.1) is 17.9 Å². The highest BCUT2D eigenvalue weighted by atomic mass is 35.5. The van der Waals surface area contributed by atoms with Gasteiger partial charge in [0.25, 0.3) is 0 Å². The Balaban J connectivity index is 1.93. The molecule has 2 heterocycles. The van der Waals surface area contributed by atoms with E-state index in [4.69, 9.17) is 11.6 Å². The first-order valence-electron chi connectivity index (χ1n) is 6.10. The molecule has 0 N–H and O–H groups in total. The maximum Gasteiger partial charge on any atom is 0.0949 e. The molecular formula is C12H20ClN3. The van der Waals surface area contributed by atoms with Crippen LogP contribution in [0, 0.1) is 0 Å². The van der Waals surface area contributed by atoms with E-state index in [0.29, 0.717) is 11.9 Å². The van der Waals surface area contributed by atoms with Crippen LogP contribution in [-0.2, 0) is 12.4 Å². The van der Waals surface area contributed by atoms with Gasteiger partial charge < -0.3 is 4.57 Å². The van der Waals surface area contributed by atoms with E-state index in [1.165, 1.54) is 32.4 Å². The number of nitrogens with zero attached hydrogens (tertiary/aromatic N) is 3. The molecule has 1 unspecified atom stereocenters. The number of halogens is 1. The van der Waals surface area contributed by atoms with E-state index in [0.717, 1.165) is 12.2 Å². The van der Waals surface area contributed by atoms with Crippen molar-refractivity contribution in [2.45, 2.75) is 44.7 Å². The van der Waals surface area contributed by atoms with Crippen molar-refractivity contribution >= 4 is 11.6 Å². The number of aromatic nitrogens is 2. The van der Waals surface area contributed by atoms with Crippen LogP contribution in [0.25, 0.3) is 0 Å². The maximum absolute atomic E-state index is 5.87. The Bertz CT molecular complexity index is 318. The van der Waals surface area contributed by atoms with Crippen molar-refractivity contribution in [3.05, 3.63) is 18.2 Å². The molecule has 1 aromatic rings. The molecule has 0 aliphatic carbocycles. The molecule has 1 atom stereocenters. The van der Waals surface area contributed by atoms with Crippen LogP contribution in [0.5, 0.6) is 0 Å². The first-order valence-corrected chi connectivity index (χ1v) is 6.63. The van der Waals surface area contributed by atoms with Crippen molar-refractivity contribution < 1.29 is 0 Å². The summed E-state index contributed by atoms with van der Waals surface area (Å²) < 4.78 is 2.17. The van der Waals surface area contributed by atoms with Gasteiger partial charge in [0.2, 0.25) is 0 Å². The van der Waals surface area contributed by atoms with Crippen LogP contribution in [0.3, 0.4) is 0 Å². The molecule has 0 bridgehead atoms. The van der Waals surface area contributed by atoms with Gasteiger partial charge in [0.1, 0.15) is 0 Å². The average molecular weight is 242 g/mol. The minimum atomic E-state index is 0.548. The highest BCUT2D eigenvalue weighted by Crippen LogP contribution is 2.14. The van der Waals surface area contributed by atoms with Gasteiger partial charge in [-0.2, -0.15) is 0 Å². The number of rotatable bonds is 4.